The van der Waals surface area contributed by atoms with Gasteiger partial charge < -0.3 is 0 Å². The van der Waals surface area contributed by atoms with Crippen molar-refractivity contribution in [2.75, 3.05) is 5.75 Å². The highest BCUT2D eigenvalue weighted by molar-refractivity contribution is 7.93. The summed E-state index contributed by atoms with van der Waals surface area (Å²) in [4.78, 5) is 0. The lowest BCUT2D eigenvalue weighted by Crippen LogP contribution is -2.43. The molecule has 3 nitrogen and oxygen atoms in total. The monoisotopic (exact) mass is 375 g/mol. The molecule has 0 bridgehead atoms. The van der Waals surface area contributed by atoms with Gasteiger partial charge in [0.05, 0.1) is 18.2 Å². The van der Waals surface area contributed by atoms with Crippen LogP contribution in [0.2, 0.25) is 0 Å². The Morgan fingerprint density at radius 1 is 0.913 bits per heavy atom. The van der Waals surface area contributed by atoms with Crippen molar-refractivity contribution in [1.29, 1.82) is 5.26 Å². The molecule has 0 aromatic rings. The molecule has 0 aliphatic carbocycles. The van der Waals surface area contributed by atoms with Crippen LogP contribution in [0.3, 0.4) is 0 Å². The lowest BCUT2D eigenvalue weighted by Gasteiger charge is -2.28. The van der Waals surface area contributed by atoms with E-state index in [2.05, 4.69) is 0 Å². The molecule has 0 aliphatic rings. The van der Waals surface area contributed by atoms with E-state index in [-0.39, 0.29) is 0 Å². The Morgan fingerprint density at radius 2 is 1.39 bits per heavy atom. The van der Waals surface area contributed by atoms with Crippen molar-refractivity contribution in [1.82, 2.24) is 0 Å². The molecule has 0 radical (unpaired) electrons. The zero-order chi connectivity index (χ0) is 18.7. The maximum atomic E-state index is 12.9. The van der Waals surface area contributed by atoms with Crippen molar-refractivity contribution >= 4 is 9.84 Å². The molecule has 0 N–H and O–H groups in total. The van der Waals surface area contributed by atoms with Crippen LogP contribution in [0.15, 0.2) is 0 Å². The van der Waals surface area contributed by atoms with E-state index < -0.39 is 64.3 Å². The van der Waals surface area contributed by atoms with Gasteiger partial charge in [-0.1, -0.05) is 6.92 Å². The second-order valence-electron chi connectivity index (χ2n) is 4.85. The van der Waals surface area contributed by atoms with Gasteiger partial charge in [0.1, 0.15) is 0 Å². The second-order valence-corrected chi connectivity index (χ2v) is 7.27. The molecule has 0 heterocycles. The summed E-state index contributed by atoms with van der Waals surface area (Å²) in [5.41, 5.74) is 0. The molecule has 0 aliphatic heterocycles. The fourth-order valence-electron chi connectivity index (χ4n) is 1.70. The SMILES string of the molecule is CCC(C#N)(CCC(F)(F)C(F)(F)F)S(=O)(=O)CCC(F)(F)F. The van der Waals surface area contributed by atoms with E-state index in [4.69, 9.17) is 5.26 Å². The van der Waals surface area contributed by atoms with E-state index in [1.165, 1.54) is 0 Å². The van der Waals surface area contributed by atoms with Crippen molar-refractivity contribution in [3.63, 3.8) is 0 Å². The van der Waals surface area contributed by atoms with Crippen LogP contribution in [0.1, 0.15) is 32.6 Å². The maximum Gasteiger partial charge on any atom is 0.453 e. The number of alkyl halides is 8. The number of sulfone groups is 1. The van der Waals surface area contributed by atoms with Crippen LogP contribution in [-0.4, -0.2) is 37.2 Å². The fraction of sp³-hybridized carbons (Fsp3) is 0.909. The van der Waals surface area contributed by atoms with Crippen molar-refractivity contribution in [3.05, 3.63) is 0 Å². The van der Waals surface area contributed by atoms with Crippen LogP contribution >= 0.6 is 0 Å². The summed E-state index contributed by atoms with van der Waals surface area (Å²) in [6.45, 7) is 1.01. The van der Waals surface area contributed by atoms with Crippen molar-refractivity contribution in [2.45, 2.75) is 55.6 Å². The molecule has 1 atom stereocenters. The average Bonchev–Trinajstić information content (AvgIpc) is 2.36. The third-order valence-electron chi connectivity index (χ3n) is 3.28. The third kappa shape index (κ3) is 5.47. The topological polar surface area (TPSA) is 57.9 Å². The summed E-state index contributed by atoms with van der Waals surface area (Å²) in [7, 11) is -4.87. The van der Waals surface area contributed by atoms with E-state index in [0.717, 1.165) is 13.0 Å². The predicted octanol–water partition coefficient (Wildman–Crippen LogP) is 4.00. The Bertz CT molecular complexity index is 546. The number of halogens is 8. The Kier molecular flexibility index (Phi) is 6.45. The summed E-state index contributed by atoms with van der Waals surface area (Å²) in [5, 5.41) is 8.90. The molecular weight excluding hydrogens is 362 g/mol. The largest absolute Gasteiger partial charge is 0.453 e. The quantitative estimate of drug-likeness (QED) is 0.632. The second kappa shape index (κ2) is 6.78. The number of nitriles is 1. The van der Waals surface area contributed by atoms with Crippen LogP contribution in [0, 0.1) is 11.3 Å². The van der Waals surface area contributed by atoms with Crippen LogP contribution in [0.4, 0.5) is 35.1 Å². The van der Waals surface area contributed by atoms with Gasteiger partial charge in [0.2, 0.25) is 0 Å². The van der Waals surface area contributed by atoms with Gasteiger partial charge >= 0.3 is 18.3 Å². The highest BCUT2D eigenvalue weighted by Crippen LogP contribution is 2.42. The van der Waals surface area contributed by atoms with Gasteiger partial charge in [0.25, 0.3) is 0 Å². The van der Waals surface area contributed by atoms with E-state index in [1.54, 1.807) is 0 Å². The summed E-state index contributed by atoms with van der Waals surface area (Å²) in [6, 6.07) is 1.11. The van der Waals surface area contributed by atoms with Crippen LogP contribution in [-0.2, 0) is 9.84 Å². The summed E-state index contributed by atoms with van der Waals surface area (Å²) < 4.78 is 119. The molecule has 0 aromatic carbocycles. The molecule has 0 saturated heterocycles. The van der Waals surface area contributed by atoms with Gasteiger partial charge in [-0.15, -0.1) is 0 Å². The van der Waals surface area contributed by atoms with E-state index in [0.29, 0.717) is 0 Å². The number of nitrogens with zero attached hydrogens (tertiary/aromatic N) is 1. The normalized spacial score (nSPS) is 16.7. The van der Waals surface area contributed by atoms with Crippen LogP contribution < -0.4 is 0 Å². The number of rotatable bonds is 7. The van der Waals surface area contributed by atoms with Gasteiger partial charge in [-0.05, 0) is 12.8 Å². The minimum atomic E-state index is -5.95. The molecule has 0 amide bonds. The first-order chi connectivity index (χ1) is 10.0. The number of hydrogen-bond donors (Lipinski definition) is 0. The van der Waals surface area contributed by atoms with E-state index in [9.17, 15) is 43.5 Å². The maximum absolute atomic E-state index is 12.9. The van der Waals surface area contributed by atoms with Gasteiger partial charge in [0, 0.05) is 6.42 Å². The van der Waals surface area contributed by atoms with Crippen molar-refractivity contribution < 1.29 is 43.5 Å². The first-order valence-corrected chi connectivity index (χ1v) is 7.84. The Labute approximate surface area is 127 Å². The molecule has 0 fully saturated rings. The van der Waals surface area contributed by atoms with Gasteiger partial charge in [-0.3, -0.25) is 0 Å². The first-order valence-electron chi connectivity index (χ1n) is 6.18. The molecule has 1 unspecified atom stereocenters. The Morgan fingerprint density at radius 3 is 1.70 bits per heavy atom. The molecule has 0 saturated carbocycles. The lowest BCUT2D eigenvalue weighted by molar-refractivity contribution is -0.284. The molecule has 136 valence electrons. The van der Waals surface area contributed by atoms with Crippen molar-refractivity contribution in [2.24, 2.45) is 0 Å². The average molecular weight is 375 g/mol. The zero-order valence-electron chi connectivity index (χ0n) is 11.7. The minimum absolute atomic E-state index is 0.711. The smallest absolute Gasteiger partial charge is 0.227 e. The fourth-order valence-corrected chi connectivity index (χ4v) is 3.59. The van der Waals surface area contributed by atoms with Gasteiger partial charge in [-0.25, -0.2) is 8.42 Å². The van der Waals surface area contributed by atoms with E-state index in [1.807, 2.05) is 0 Å². The predicted molar refractivity (Wildman–Crippen MR) is 63.3 cm³/mol. The molecule has 0 aromatic heterocycles. The number of hydrogen-bond acceptors (Lipinski definition) is 3. The Hall–Kier alpha value is -1.12. The minimum Gasteiger partial charge on any atom is -0.227 e. The molecule has 12 heteroatoms. The third-order valence-corrected chi connectivity index (χ3v) is 5.80. The molecule has 0 rings (SSSR count). The highest BCUT2D eigenvalue weighted by Gasteiger charge is 2.58. The van der Waals surface area contributed by atoms with Crippen LogP contribution in [0.5, 0.6) is 0 Å². The first kappa shape index (κ1) is 21.9. The Balaban J connectivity index is 5.41. The van der Waals surface area contributed by atoms with Gasteiger partial charge in [-0.2, -0.15) is 40.4 Å². The summed E-state index contributed by atoms with van der Waals surface area (Å²) in [6.07, 6.45) is -16.8. The zero-order valence-corrected chi connectivity index (χ0v) is 12.5. The van der Waals surface area contributed by atoms with Crippen molar-refractivity contribution in [3.8, 4) is 6.07 Å². The standard InChI is InChI=1S/C11H13F8NO2S/c1-2-8(7-20,3-4-9(12,13)11(17,18)19)23(21,22)6-5-10(14,15)16/h2-6H2,1H3. The highest BCUT2D eigenvalue weighted by atomic mass is 32.2. The van der Waals surface area contributed by atoms with Gasteiger partial charge in [0.15, 0.2) is 14.6 Å². The lowest BCUT2D eigenvalue weighted by atomic mass is 9.98. The molecular formula is C11H13F8NO2S. The van der Waals surface area contributed by atoms with Crippen LogP contribution in [0.25, 0.3) is 0 Å². The molecule has 23 heavy (non-hydrogen) atoms. The molecule has 0 spiro atoms. The van der Waals surface area contributed by atoms with E-state index >= 15 is 0 Å². The summed E-state index contributed by atoms with van der Waals surface area (Å²) >= 11 is 0. The summed E-state index contributed by atoms with van der Waals surface area (Å²) in [5.74, 6) is -6.81.